The minimum atomic E-state index is -0.420. The Kier molecular flexibility index (Phi) is 5.14. The van der Waals surface area contributed by atoms with Crippen molar-refractivity contribution < 1.29 is 14.3 Å². The van der Waals surface area contributed by atoms with Gasteiger partial charge in [0.05, 0.1) is 29.1 Å². The highest BCUT2D eigenvalue weighted by molar-refractivity contribution is 9.10. The first-order valence-electron chi connectivity index (χ1n) is 7.53. The fourth-order valence-electron chi connectivity index (χ4n) is 2.46. The molecule has 0 atom stereocenters. The molecule has 0 saturated carbocycles. The van der Waals surface area contributed by atoms with Crippen molar-refractivity contribution in [2.24, 2.45) is 0 Å². The van der Waals surface area contributed by atoms with Crippen LogP contribution in [0.5, 0.6) is 5.75 Å². The largest absolute Gasteiger partial charge is 0.496 e. The zero-order valence-electron chi connectivity index (χ0n) is 13.4. The number of H-pyrrole nitrogens is 1. The van der Waals surface area contributed by atoms with Crippen LogP contribution in [0.25, 0.3) is 10.8 Å². The Morgan fingerprint density at radius 3 is 2.68 bits per heavy atom. The maximum absolute atomic E-state index is 12.1. The zero-order valence-corrected chi connectivity index (χ0v) is 15.0. The fraction of sp³-hybridized carbons (Fsp3) is 0.167. The smallest absolute Gasteiger partial charge is 0.312 e. The van der Waals surface area contributed by atoms with Crippen molar-refractivity contribution in [1.29, 1.82) is 0 Å². The van der Waals surface area contributed by atoms with Gasteiger partial charge in [0.25, 0.3) is 5.56 Å². The van der Waals surface area contributed by atoms with E-state index in [0.717, 1.165) is 10.0 Å². The number of aromatic nitrogens is 2. The van der Waals surface area contributed by atoms with Gasteiger partial charge in [-0.2, -0.15) is 5.10 Å². The predicted molar refractivity (Wildman–Crippen MR) is 96.6 cm³/mol. The molecule has 0 aliphatic heterocycles. The summed E-state index contributed by atoms with van der Waals surface area (Å²) in [5, 5.41) is 7.53. The van der Waals surface area contributed by atoms with E-state index in [-0.39, 0.29) is 18.6 Å². The Morgan fingerprint density at radius 1 is 1.20 bits per heavy atom. The Morgan fingerprint density at radius 2 is 1.96 bits per heavy atom. The van der Waals surface area contributed by atoms with Gasteiger partial charge in [0.1, 0.15) is 12.4 Å². The number of nitrogens with one attached hydrogen (secondary N) is 1. The second-order valence-corrected chi connectivity index (χ2v) is 6.21. The van der Waals surface area contributed by atoms with Crippen molar-refractivity contribution in [3.05, 3.63) is 68.5 Å². The van der Waals surface area contributed by atoms with Crippen LogP contribution in [0.4, 0.5) is 0 Å². The summed E-state index contributed by atoms with van der Waals surface area (Å²) in [6, 6.07) is 12.5. The average Bonchev–Trinajstić information content (AvgIpc) is 2.63. The van der Waals surface area contributed by atoms with Crippen LogP contribution in [0.3, 0.4) is 0 Å². The molecule has 3 rings (SSSR count). The molecule has 0 unspecified atom stereocenters. The molecule has 1 heterocycles. The van der Waals surface area contributed by atoms with E-state index in [9.17, 15) is 9.59 Å². The Hall–Kier alpha value is -2.67. The minimum Gasteiger partial charge on any atom is -0.496 e. The maximum atomic E-state index is 12.1. The molecule has 1 N–H and O–H groups in total. The first-order chi connectivity index (χ1) is 12.1. The number of rotatable bonds is 5. The predicted octanol–water partition coefficient (Wildman–Crippen LogP) is 2.98. The Bertz CT molecular complexity index is 984. The summed E-state index contributed by atoms with van der Waals surface area (Å²) >= 11 is 3.39. The van der Waals surface area contributed by atoms with Gasteiger partial charge in [-0.25, -0.2) is 5.10 Å². The van der Waals surface area contributed by atoms with Crippen LogP contribution < -0.4 is 10.3 Å². The van der Waals surface area contributed by atoms with Crippen molar-refractivity contribution in [2.75, 3.05) is 7.11 Å². The first-order valence-corrected chi connectivity index (χ1v) is 8.32. The van der Waals surface area contributed by atoms with Crippen LogP contribution in [0, 0.1) is 0 Å². The van der Waals surface area contributed by atoms with E-state index in [1.807, 2.05) is 12.1 Å². The lowest BCUT2D eigenvalue weighted by Crippen LogP contribution is -2.15. The maximum Gasteiger partial charge on any atom is 0.312 e. The van der Waals surface area contributed by atoms with Crippen molar-refractivity contribution in [3.8, 4) is 5.75 Å². The summed E-state index contributed by atoms with van der Waals surface area (Å²) in [6.07, 6.45) is -0.0192. The molecule has 0 saturated heterocycles. The summed E-state index contributed by atoms with van der Waals surface area (Å²) in [7, 11) is 1.58. The topological polar surface area (TPSA) is 81.3 Å². The molecular formula is C18H15BrN2O4. The number of halogens is 1. The van der Waals surface area contributed by atoms with Crippen LogP contribution in [-0.2, 0) is 22.6 Å². The number of ether oxygens (including phenoxy) is 2. The molecule has 3 aromatic rings. The number of esters is 1. The second kappa shape index (κ2) is 7.48. The zero-order chi connectivity index (χ0) is 17.8. The number of benzene rings is 2. The molecule has 1 aromatic heterocycles. The summed E-state index contributed by atoms with van der Waals surface area (Å²) in [5.74, 6) is 0.288. The van der Waals surface area contributed by atoms with Gasteiger partial charge in [-0.1, -0.05) is 24.3 Å². The van der Waals surface area contributed by atoms with Crippen LogP contribution in [-0.4, -0.2) is 23.3 Å². The fourth-order valence-corrected chi connectivity index (χ4v) is 3.05. The van der Waals surface area contributed by atoms with Crippen molar-refractivity contribution in [3.63, 3.8) is 0 Å². The molecule has 0 amide bonds. The molecule has 25 heavy (non-hydrogen) atoms. The Labute approximate surface area is 151 Å². The van der Waals surface area contributed by atoms with Crippen LogP contribution >= 0.6 is 15.9 Å². The van der Waals surface area contributed by atoms with Crippen LogP contribution in [0.2, 0.25) is 0 Å². The SMILES string of the molecule is COc1ccc(COC(=O)Cc2n[nH]c(=O)c3ccccc23)cc1Br. The lowest BCUT2D eigenvalue weighted by molar-refractivity contribution is -0.144. The third-order valence-corrected chi connectivity index (χ3v) is 4.32. The third-order valence-electron chi connectivity index (χ3n) is 3.70. The van der Waals surface area contributed by atoms with Crippen molar-refractivity contribution >= 4 is 32.7 Å². The molecule has 0 fully saturated rings. The lowest BCUT2D eigenvalue weighted by Gasteiger charge is -2.08. The molecule has 0 bridgehead atoms. The molecule has 0 spiro atoms. The lowest BCUT2D eigenvalue weighted by atomic mass is 10.1. The molecule has 6 nitrogen and oxygen atoms in total. The molecule has 0 aliphatic carbocycles. The highest BCUT2D eigenvalue weighted by Crippen LogP contribution is 2.25. The first kappa shape index (κ1) is 17.2. The standard InChI is InChI=1S/C18H15BrN2O4/c1-24-16-7-6-11(8-14(16)19)10-25-17(22)9-15-12-4-2-3-5-13(12)18(23)21-20-15/h2-8H,9-10H2,1H3,(H,21,23). The quantitative estimate of drug-likeness (QED) is 0.663. The number of aromatic amines is 1. The number of methoxy groups -OCH3 is 1. The Balaban J connectivity index is 1.70. The number of nitrogens with zero attached hydrogens (tertiary/aromatic N) is 1. The monoisotopic (exact) mass is 402 g/mol. The number of hydrogen-bond donors (Lipinski definition) is 1. The van der Waals surface area contributed by atoms with E-state index < -0.39 is 5.97 Å². The van der Waals surface area contributed by atoms with Gasteiger partial charge in [0, 0.05) is 5.39 Å². The molecule has 0 aliphatic rings. The third kappa shape index (κ3) is 3.88. The van der Waals surface area contributed by atoms with Crippen LogP contribution in [0.1, 0.15) is 11.3 Å². The average molecular weight is 403 g/mol. The molecule has 128 valence electrons. The van der Waals surface area contributed by atoms with Gasteiger partial charge >= 0.3 is 5.97 Å². The highest BCUT2D eigenvalue weighted by atomic mass is 79.9. The van der Waals surface area contributed by atoms with Gasteiger partial charge in [0.15, 0.2) is 0 Å². The normalized spacial score (nSPS) is 10.6. The molecule has 0 radical (unpaired) electrons. The summed E-state index contributed by atoms with van der Waals surface area (Å²) in [4.78, 5) is 23.9. The number of carbonyl (C=O) groups is 1. The van der Waals surface area contributed by atoms with Crippen LogP contribution in [0.15, 0.2) is 51.7 Å². The highest BCUT2D eigenvalue weighted by Gasteiger charge is 2.12. The van der Waals surface area contributed by atoms with E-state index in [2.05, 4.69) is 26.1 Å². The van der Waals surface area contributed by atoms with E-state index in [0.29, 0.717) is 22.2 Å². The van der Waals surface area contributed by atoms with E-state index in [4.69, 9.17) is 9.47 Å². The van der Waals surface area contributed by atoms with Gasteiger partial charge in [-0.3, -0.25) is 9.59 Å². The van der Waals surface area contributed by atoms with Gasteiger partial charge in [-0.05, 0) is 39.7 Å². The second-order valence-electron chi connectivity index (χ2n) is 5.35. The van der Waals surface area contributed by atoms with Crippen molar-refractivity contribution in [2.45, 2.75) is 13.0 Å². The van der Waals surface area contributed by atoms with E-state index in [1.54, 1.807) is 37.4 Å². The van der Waals surface area contributed by atoms with Crippen molar-refractivity contribution in [1.82, 2.24) is 10.2 Å². The molecular weight excluding hydrogens is 388 g/mol. The van der Waals surface area contributed by atoms with Gasteiger partial charge < -0.3 is 9.47 Å². The number of hydrogen-bond acceptors (Lipinski definition) is 5. The summed E-state index contributed by atoms with van der Waals surface area (Å²) in [6.45, 7) is 0.142. The minimum absolute atomic E-state index is 0.0192. The van der Waals surface area contributed by atoms with E-state index in [1.165, 1.54) is 0 Å². The number of fused-ring (bicyclic) bond motifs is 1. The molecule has 2 aromatic carbocycles. The molecule has 7 heteroatoms. The van der Waals surface area contributed by atoms with E-state index >= 15 is 0 Å². The number of carbonyl (C=O) groups excluding carboxylic acids is 1. The summed E-state index contributed by atoms with van der Waals surface area (Å²) in [5.41, 5.74) is 1.03. The van der Waals surface area contributed by atoms with Gasteiger partial charge in [-0.15, -0.1) is 0 Å². The van der Waals surface area contributed by atoms with Gasteiger partial charge in [0.2, 0.25) is 0 Å². The summed E-state index contributed by atoms with van der Waals surface area (Å²) < 4.78 is 11.3.